The predicted octanol–water partition coefficient (Wildman–Crippen LogP) is 3.30. The van der Waals surface area contributed by atoms with Crippen LogP contribution in [0.5, 0.6) is 5.75 Å². The monoisotopic (exact) mass is 333 g/mol. The first-order valence-electron chi connectivity index (χ1n) is 5.69. The first-order valence-corrected chi connectivity index (χ1v) is 6.77. The number of rotatable bonds is 6. The fourth-order valence-electron chi connectivity index (χ4n) is 1.27. The molecule has 1 unspecified atom stereocenters. The van der Waals surface area contributed by atoms with Crippen molar-refractivity contribution in [3.63, 3.8) is 0 Å². The molecule has 0 bridgehead atoms. The van der Waals surface area contributed by atoms with E-state index in [-0.39, 0.29) is 0 Å². The minimum absolute atomic E-state index is 0.529. The molecule has 0 amide bonds. The summed E-state index contributed by atoms with van der Waals surface area (Å²) in [5, 5.41) is 3.41. The Bertz CT molecular complexity index is 297. The molecule has 0 aliphatic heterocycles. The largest absolute Gasteiger partial charge is 0.493 e. The van der Waals surface area contributed by atoms with Crippen molar-refractivity contribution >= 4 is 22.6 Å². The number of nitrogens with one attached hydrogen (secondary N) is 1. The van der Waals surface area contributed by atoms with E-state index in [1.807, 2.05) is 12.1 Å². The highest BCUT2D eigenvalue weighted by Crippen LogP contribution is 2.14. The zero-order valence-electron chi connectivity index (χ0n) is 10.2. The Labute approximate surface area is 112 Å². The molecule has 0 aliphatic rings. The van der Waals surface area contributed by atoms with Gasteiger partial charge in [-0.25, -0.2) is 0 Å². The van der Waals surface area contributed by atoms with Crippen LogP contribution in [0.4, 0.5) is 0 Å². The Hall–Kier alpha value is -0.290. The standard InChI is InChI=1S/C13H20INO/c1-10(2)15-8-11(3)9-16-13-6-4-12(14)5-7-13/h4-7,10-11,15H,8-9H2,1-3H3. The number of halogens is 1. The highest BCUT2D eigenvalue weighted by Gasteiger charge is 2.04. The van der Waals surface area contributed by atoms with Crippen LogP contribution < -0.4 is 10.1 Å². The first-order chi connectivity index (χ1) is 7.58. The smallest absolute Gasteiger partial charge is 0.119 e. The summed E-state index contributed by atoms with van der Waals surface area (Å²) in [4.78, 5) is 0. The van der Waals surface area contributed by atoms with Gasteiger partial charge in [0, 0.05) is 22.1 Å². The van der Waals surface area contributed by atoms with E-state index in [2.05, 4.69) is 60.8 Å². The van der Waals surface area contributed by atoms with Gasteiger partial charge in [-0.15, -0.1) is 0 Å². The maximum atomic E-state index is 5.71. The van der Waals surface area contributed by atoms with E-state index in [0.29, 0.717) is 12.0 Å². The van der Waals surface area contributed by atoms with Crippen LogP contribution in [0.25, 0.3) is 0 Å². The third-order valence-corrected chi connectivity index (χ3v) is 2.94. The second-order valence-corrected chi connectivity index (χ2v) is 5.68. The van der Waals surface area contributed by atoms with Crippen molar-refractivity contribution in [3.05, 3.63) is 27.8 Å². The van der Waals surface area contributed by atoms with Crippen LogP contribution in [0, 0.1) is 9.49 Å². The van der Waals surface area contributed by atoms with Gasteiger partial charge in [-0.05, 0) is 46.9 Å². The molecule has 1 aromatic rings. The van der Waals surface area contributed by atoms with Crippen LogP contribution in [0.1, 0.15) is 20.8 Å². The molecule has 2 nitrogen and oxygen atoms in total. The van der Waals surface area contributed by atoms with E-state index in [9.17, 15) is 0 Å². The van der Waals surface area contributed by atoms with Gasteiger partial charge in [-0.1, -0.05) is 20.8 Å². The number of hydrogen-bond donors (Lipinski definition) is 1. The molecule has 0 aromatic heterocycles. The molecule has 0 radical (unpaired) electrons. The lowest BCUT2D eigenvalue weighted by Gasteiger charge is -2.15. The van der Waals surface area contributed by atoms with Crippen molar-refractivity contribution < 1.29 is 4.74 Å². The van der Waals surface area contributed by atoms with Gasteiger partial charge in [0.1, 0.15) is 5.75 Å². The second kappa shape index (κ2) is 7.12. The first kappa shape index (κ1) is 13.8. The lowest BCUT2D eigenvalue weighted by atomic mass is 10.2. The van der Waals surface area contributed by atoms with Gasteiger partial charge in [-0.3, -0.25) is 0 Å². The van der Waals surface area contributed by atoms with Gasteiger partial charge in [0.2, 0.25) is 0 Å². The Morgan fingerprint density at radius 3 is 2.38 bits per heavy atom. The van der Waals surface area contributed by atoms with Gasteiger partial charge < -0.3 is 10.1 Å². The molecule has 3 heteroatoms. The van der Waals surface area contributed by atoms with Crippen LogP contribution in [0.3, 0.4) is 0 Å². The minimum Gasteiger partial charge on any atom is -0.493 e. The fraction of sp³-hybridized carbons (Fsp3) is 0.538. The van der Waals surface area contributed by atoms with Crippen molar-refractivity contribution in [1.29, 1.82) is 0 Å². The summed E-state index contributed by atoms with van der Waals surface area (Å²) in [7, 11) is 0. The van der Waals surface area contributed by atoms with Crippen molar-refractivity contribution in [2.24, 2.45) is 5.92 Å². The molecule has 1 aromatic carbocycles. The highest BCUT2D eigenvalue weighted by molar-refractivity contribution is 14.1. The van der Waals surface area contributed by atoms with Crippen LogP contribution in [0.15, 0.2) is 24.3 Å². The van der Waals surface area contributed by atoms with E-state index in [0.717, 1.165) is 18.9 Å². The van der Waals surface area contributed by atoms with E-state index < -0.39 is 0 Å². The van der Waals surface area contributed by atoms with E-state index in [1.54, 1.807) is 0 Å². The van der Waals surface area contributed by atoms with E-state index >= 15 is 0 Å². The summed E-state index contributed by atoms with van der Waals surface area (Å²) < 4.78 is 6.95. The summed E-state index contributed by atoms with van der Waals surface area (Å²) in [5.74, 6) is 1.48. The molecular formula is C13H20INO. The molecule has 0 saturated carbocycles. The van der Waals surface area contributed by atoms with Gasteiger partial charge in [0.05, 0.1) is 6.61 Å². The number of benzene rings is 1. The van der Waals surface area contributed by atoms with E-state index in [1.165, 1.54) is 3.57 Å². The lowest BCUT2D eigenvalue weighted by Crippen LogP contribution is -2.30. The summed E-state index contributed by atoms with van der Waals surface area (Å²) in [6.07, 6.45) is 0. The number of ether oxygens (including phenoxy) is 1. The van der Waals surface area contributed by atoms with Crippen LogP contribution in [-0.2, 0) is 0 Å². The average Bonchev–Trinajstić information content (AvgIpc) is 2.25. The molecule has 0 fully saturated rings. The average molecular weight is 333 g/mol. The topological polar surface area (TPSA) is 21.3 Å². The molecule has 0 heterocycles. The molecule has 0 aliphatic carbocycles. The Morgan fingerprint density at radius 1 is 1.19 bits per heavy atom. The van der Waals surface area contributed by atoms with Crippen LogP contribution in [0.2, 0.25) is 0 Å². The Kier molecular flexibility index (Phi) is 6.13. The lowest BCUT2D eigenvalue weighted by molar-refractivity contribution is 0.253. The van der Waals surface area contributed by atoms with Gasteiger partial charge in [-0.2, -0.15) is 0 Å². The van der Waals surface area contributed by atoms with Gasteiger partial charge in [0.25, 0.3) is 0 Å². The zero-order valence-corrected chi connectivity index (χ0v) is 12.3. The molecule has 90 valence electrons. The fourth-order valence-corrected chi connectivity index (χ4v) is 1.62. The third-order valence-electron chi connectivity index (χ3n) is 2.22. The van der Waals surface area contributed by atoms with Crippen molar-refractivity contribution in [2.45, 2.75) is 26.8 Å². The van der Waals surface area contributed by atoms with Crippen LogP contribution in [-0.4, -0.2) is 19.2 Å². The summed E-state index contributed by atoms with van der Waals surface area (Å²) in [6, 6.07) is 8.70. The maximum Gasteiger partial charge on any atom is 0.119 e. The molecule has 1 rings (SSSR count). The van der Waals surface area contributed by atoms with Gasteiger partial charge >= 0.3 is 0 Å². The van der Waals surface area contributed by atoms with Crippen molar-refractivity contribution in [2.75, 3.05) is 13.2 Å². The predicted molar refractivity (Wildman–Crippen MR) is 77.0 cm³/mol. The third kappa shape index (κ3) is 5.70. The summed E-state index contributed by atoms with van der Waals surface area (Å²) in [6.45, 7) is 8.28. The quantitative estimate of drug-likeness (QED) is 0.807. The molecule has 16 heavy (non-hydrogen) atoms. The van der Waals surface area contributed by atoms with E-state index in [4.69, 9.17) is 4.74 Å². The molecular weight excluding hydrogens is 313 g/mol. The molecule has 1 N–H and O–H groups in total. The number of hydrogen-bond acceptors (Lipinski definition) is 2. The van der Waals surface area contributed by atoms with Crippen molar-refractivity contribution in [3.8, 4) is 5.75 Å². The molecule has 1 atom stereocenters. The second-order valence-electron chi connectivity index (χ2n) is 4.43. The SMILES string of the molecule is CC(CNC(C)C)COc1ccc(I)cc1. The summed E-state index contributed by atoms with van der Waals surface area (Å²) in [5.41, 5.74) is 0. The van der Waals surface area contributed by atoms with Crippen molar-refractivity contribution in [1.82, 2.24) is 5.32 Å². The minimum atomic E-state index is 0.529. The normalized spacial score (nSPS) is 12.8. The summed E-state index contributed by atoms with van der Waals surface area (Å²) >= 11 is 2.29. The molecule has 0 spiro atoms. The highest BCUT2D eigenvalue weighted by atomic mass is 127. The zero-order chi connectivity index (χ0) is 12.0. The van der Waals surface area contributed by atoms with Crippen LogP contribution >= 0.6 is 22.6 Å². The maximum absolute atomic E-state index is 5.71. The Balaban J connectivity index is 2.26. The molecule has 0 saturated heterocycles. The van der Waals surface area contributed by atoms with Gasteiger partial charge in [0.15, 0.2) is 0 Å². The Morgan fingerprint density at radius 2 is 1.81 bits per heavy atom.